The van der Waals surface area contributed by atoms with Crippen LogP contribution in [0.4, 0.5) is 5.82 Å². The summed E-state index contributed by atoms with van der Waals surface area (Å²) in [6, 6.07) is 6.00. The Hall–Kier alpha value is -1.05. The molecule has 0 fully saturated rings. The molecule has 0 atom stereocenters. The van der Waals surface area contributed by atoms with Crippen molar-refractivity contribution < 1.29 is 0 Å². The van der Waals surface area contributed by atoms with Crippen LogP contribution >= 0.6 is 0 Å². The van der Waals surface area contributed by atoms with Gasteiger partial charge in [-0.15, -0.1) is 0 Å². The van der Waals surface area contributed by atoms with Crippen LogP contribution in [-0.4, -0.2) is 11.5 Å². The Balaban J connectivity index is 2.56. The predicted octanol–water partition coefficient (Wildman–Crippen LogP) is 2.21. The first kappa shape index (κ1) is 8.05. The third-order valence-electron chi connectivity index (χ3n) is 1.44. The van der Waals surface area contributed by atoms with Crippen LogP contribution in [0.2, 0.25) is 0 Å². The van der Waals surface area contributed by atoms with E-state index in [-0.39, 0.29) is 0 Å². The van der Waals surface area contributed by atoms with Gasteiger partial charge in [-0.3, -0.25) is 0 Å². The smallest absolute Gasteiger partial charge is 0.126 e. The first-order valence-electron chi connectivity index (χ1n) is 4.00. The first-order valence-corrected chi connectivity index (χ1v) is 4.00. The minimum atomic E-state index is 0.979. The predicted molar refractivity (Wildman–Crippen MR) is 47.8 cm³/mol. The van der Waals surface area contributed by atoms with E-state index in [0.717, 1.165) is 24.5 Å². The van der Waals surface area contributed by atoms with Crippen molar-refractivity contribution in [3.8, 4) is 0 Å². The van der Waals surface area contributed by atoms with E-state index in [2.05, 4.69) is 17.2 Å². The molecule has 1 aromatic heterocycles. The van der Waals surface area contributed by atoms with E-state index in [1.807, 2.05) is 25.1 Å². The Morgan fingerprint density at radius 2 is 2.27 bits per heavy atom. The highest BCUT2D eigenvalue weighted by molar-refractivity contribution is 5.34. The van der Waals surface area contributed by atoms with E-state index in [1.54, 1.807) is 0 Å². The molecule has 1 heterocycles. The summed E-state index contributed by atoms with van der Waals surface area (Å²) in [7, 11) is 0. The molecule has 0 aliphatic carbocycles. The monoisotopic (exact) mass is 150 g/mol. The molecule has 0 aliphatic rings. The van der Waals surface area contributed by atoms with Gasteiger partial charge in [-0.2, -0.15) is 0 Å². The van der Waals surface area contributed by atoms with Crippen molar-refractivity contribution in [1.82, 2.24) is 4.98 Å². The Bertz CT molecular complexity index is 221. The van der Waals surface area contributed by atoms with Gasteiger partial charge < -0.3 is 5.32 Å². The summed E-state index contributed by atoms with van der Waals surface area (Å²) in [6.45, 7) is 5.14. The van der Waals surface area contributed by atoms with Gasteiger partial charge in [0.1, 0.15) is 5.82 Å². The van der Waals surface area contributed by atoms with E-state index in [4.69, 9.17) is 0 Å². The van der Waals surface area contributed by atoms with Crippen LogP contribution < -0.4 is 5.32 Å². The average Bonchev–Trinajstić information content (AvgIpc) is 2.01. The van der Waals surface area contributed by atoms with Crippen molar-refractivity contribution in [3.05, 3.63) is 23.9 Å². The summed E-state index contributed by atoms with van der Waals surface area (Å²) in [5.41, 5.74) is 1.06. The minimum absolute atomic E-state index is 0.979. The number of pyridine rings is 1. The lowest BCUT2D eigenvalue weighted by atomic mass is 10.3. The second-order valence-electron chi connectivity index (χ2n) is 2.59. The van der Waals surface area contributed by atoms with Crippen LogP contribution in [0.25, 0.3) is 0 Å². The first-order chi connectivity index (χ1) is 5.33. The minimum Gasteiger partial charge on any atom is -0.370 e. The quantitative estimate of drug-likeness (QED) is 0.714. The van der Waals surface area contributed by atoms with E-state index < -0.39 is 0 Å². The fraction of sp³-hybridized carbons (Fsp3) is 0.444. The van der Waals surface area contributed by atoms with Crippen molar-refractivity contribution in [2.24, 2.45) is 0 Å². The second-order valence-corrected chi connectivity index (χ2v) is 2.59. The molecule has 1 rings (SSSR count). The summed E-state index contributed by atoms with van der Waals surface area (Å²) in [4.78, 5) is 4.30. The van der Waals surface area contributed by atoms with Crippen LogP contribution in [-0.2, 0) is 0 Å². The maximum absolute atomic E-state index is 4.30. The summed E-state index contributed by atoms with van der Waals surface area (Å²) < 4.78 is 0. The van der Waals surface area contributed by atoms with Crippen LogP contribution in [0.15, 0.2) is 18.2 Å². The third kappa shape index (κ3) is 2.58. The third-order valence-corrected chi connectivity index (χ3v) is 1.44. The number of hydrogen-bond acceptors (Lipinski definition) is 2. The van der Waals surface area contributed by atoms with E-state index in [9.17, 15) is 0 Å². The van der Waals surface area contributed by atoms with Gasteiger partial charge in [0.25, 0.3) is 0 Å². The summed E-state index contributed by atoms with van der Waals surface area (Å²) >= 11 is 0. The number of aromatic nitrogens is 1. The Morgan fingerprint density at radius 1 is 1.45 bits per heavy atom. The molecule has 0 amide bonds. The van der Waals surface area contributed by atoms with Gasteiger partial charge in [-0.05, 0) is 25.5 Å². The molecule has 0 unspecified atom stereocenters. The highest BCUT2D eigenvalue weighted by atomic mass is 15.0. The largest absolute Gasteiger partial charge is 0.370 e. The van der Waals surface area contributed by atoms with E-state index in [1.165, 1.54) is 0 Å². The molecular formula is C9H14N2. The molecule has 11 heavy (non-hydrogen) atoms. The number of hydrogen-bond donors (Lipinski definition) is 1. The van der Waals surface area contributed by atoms with Gasteiger partial charge in [-0.25, -0.2) is 4.98 Å². The summed E-state index contributed by atoms with van der Waals surface area (Å²) in [5.74, 6) is 0.979. The Kier molecular flexibility index (Phi) is 2.90. The zero-order chi connectivity index (χ0) is 8.10. The maximum atomic E-state index is 4.30. The lowest BCUT2D eigenvalue weighted by Gasteiger charge is -2.02. The topological polar surface area (TPSA) is 24.9 Å². The maximum Gasteiger partial charge on any atom is 0.126 e. The molecule has 0 aliphatic heterocycles. The number of nitrogens with zero attached hydrogens (tertiary/aromatic N) is 1. The molecule has 1 N–H and O–H groups in total. The average molecular weight is 150 g/mol. The van der Waals surface area contributed by atoms with Crippen LogP contribution in [0.3, 0.4) is 0 Å². The van der Waals surface area contributed by atoms with Gasteiger partial charge in [0.2, 0.25) is 0 Å². The van der Waals surface area contributed by atoms with Crippen LogP contribution in [0.1, 0.15) is 19.0 Å². The van der Waals surface area contributed by atoms with Gasteiger partial charge in [0.05, 0.1) is 0 Å². The molecule has 0 aromatic carbocycles. The van der Waals surface area contributed by atoms with Crippen molar-refractivity contribution in [1.29, 1.82) is 0 Å². The summed E-state index contributed by atoms with van der Waals surface area (Å²) in [5, 5.41) is 3.22. The highest BCUT2D eigenvalue weighted by Gasteiger charge is 1.90. The standard InChI is InChI=1S/C9H14N2/c1-3-7-10-9-6-4-5-8(2)11-9/h4-6H,3,7H2,1-2H3,(H,10,11). The molecule has 60 valence electrons. The zero-order valence-electron chi connectivity index (χ0n) is 7.09. The SMILES string of the molecule is CCCNc1cccc(C)n1. The lowest BCUT2D eigenvalue weighted by molar-refractivity contribution is 0.966. The summed E-state index contributed by atoms with van der Waals surface area (Å²) in [6.07, 6.45) is 1.13. The van der Waals surface area contributed by atoms with Crippen molar-refractivity contribution in [2.75, 3.05) is 11.9 Å². The molecule has 1 aromatic rings. The van der Waals surface area contributed by atoms with Crippen molar-refractivity contribution in [2.45, 2.75) is 20.3 Å². The van der Waals surface area contributed by atoms with Gasteiger partial charge in [-0.1, -0.05) is 13.0 Å². The van der Waals surface area contributed by atoms with Crippen LogP contribution in [0, 0.1) is 6.92 Å². The van der Waals surface area contributed by atoms with Crippen molar-refractivity contribution in [3.63, 3.8) is 0 Å². The number of rotatable bonds is 3. The molecule has 0 saturated carbocycles. The Labute approximate surface area is 67.7 Å². The van der Waals surface area contributed by atoms with Gasteiger partial charge in [0.15, 0.2) is 0 Å². The fourth-order valence-electron chi connectivity index (χ4n) is 0.895. The Morgan fingerprint density at radius 3 is 2.91 bits per heavy atom. The molecule has 2 nitrogen and oxygen atoms in total. The zero-order valence-corrected chi connectivity index (χ0v) is 7.09. The van der Waals surface area contributed by atoms with E-state index in [0.29, 0.717) is 0 Å². The van der Waals surface area contributed by atoms with Crippen LogP contribution in [0.5, 0.6) is 0 Å². The highest BCUT2D eigenvalue weighted by Crippen LogP contribution is 2.02. The molecule has 0 radical (unpaired) electrons. The molecular weight excluding hydrogens is 136 g/mol. The molecule has 0 spiro atoms. The fourth-order valence-corrected chi connectivity index (χ4v) is 0.895. The van der Waals surface area contributed by atoms with E-state index >= 15 is 0 Å². The molecule has 2 heteroatoms. The number of aryl methyl sites for hydroxylation is 1. The van der Waals surface area contributed by atoms with Crippen molar-refractivity contribution >= 4 is 5.82 Å². The molecule has 0 bridgehead atoms. The number of nitrogens with one attached hydrogen (secondary N) is 1. The number of anilines is 1. The second kappa shape index (κ2) is 3.96. The lowest BCUT2D eigenvalue weighted by Crippen LogP contribution is -2.01. The van der Waals surface area contributed by atoms with Gasteiger partial charge in [0, 0.05) is 12.2 Å². The normalized spacial score (nSPS) is 9.64. The molecule has 0 saturated heterocycles. The van der Waals surface area contributed by atoms with Gasteiger partial charge >= 0.3 is 0 Å².